The van der Waals surface area contributed by atoms with Crippen LogP contribution in [0.3, 0.4) is 0 Å². The number of likely N-dealkylation sites (tertiary alicyclic amines) is 1. The van der Waals surface area contributed by atoms with Crippen molar-refractivity contribution in [3.05, 3.63) is 29.8 Å². The predicted molar refractivity (Wildman–Crippen MR) is 107 cm³/mol. The molecule has 1 aromatic carbocycles. The Morgan fingerprint density at radius 1 is 1.14 bits per heavy atom. The first kappa shape index (κ1) is 21.7. The van der Waals surface area contributed by atoms with E-state index >= 15 is 0 Å². The molecule has 2 N–H and O–H groups in total. The molecule has 2 amide bonds. The van der Waals surface area contributed by atoms with Crippen LogP contribution in [0.2, 0.25) is 0 Å². The molecule has 160 valence electrons. The number of rotatable bonds is 5. The van der Waals surface area contributed by atoms with Crippen LogP contribution in [0.15, 0.2) is 29.2 Å². The molecule has 0 unspecified atom stereocenters. The number of nitrogens with one attached hydrogen (secondary N) is 2. The van der Waals surface area contributed by atoms with Crippen molar-refractivity contribution in [2.24, 2.45) is 5.92 Å². The van der Waals surface area contributed by atoms with E-state index in [0.29, 0.717) is 25.9 Å². The van der Waals surface area contributed by atoms with Crippen LogP contribution < -0.4 is 10.0 Å². The van der Waals surface area contributed by atoms with Crippen LogP contribution in [-0.2, 0) is 24.7 Å². The first-order valence-corrected chi connectivity index (χ1v) is 12.8. The average Bonchev–Trinajstić information content (AvgIpc) is 3.04. The molecule has 0 radical (unpaired) electrons. The Morgan fingerprint density at radius 2 is 1.83 bits per heavy atom. The zero-order chi connectivity index (χ0) is 21.2. The molecule has 0 saturated carbocycles. The number of sulfone groups is 1. The quantitative estimate of drug-likeness (QED) is 0.646. The summed E-state index contributed by atoms with van der Waals surface area (Å²) in [5.41, 5.74) is 0.241. The maximum absolute atomic E-state index is 12.8. The molecule has 2 aliphatic heterocycles. The highest BCUT2D eigenvalue weighted by molar-refractivity contribution is 7.92. The molecule has 0 aliphatic carbocycles. The number of hydrogen-bond donors (Lipinski definition) is 2. The maximum atomic E-state index is 12.8. The Hall–Kier alpha value is -1.98. The number of hydrogen-bond acceptors (Lipinski definition) is 6. The lowest BCUT2D eigenvalue weighted by atomic mass is 9.95. The van der Waals surface area contributed by atoms with Gasteiger partial charge in [-0.25, -0.2) is 21.6 Å². The van der Waals surface area contributed by atoms with E-state index in [1.54, 1.807) is 18.0 Å². The van der Waals surface area contributed by atoms with Gasteiger partial charge in [-0.15, -0.1) is 0 Å². The fourth-order valence-corrected chi connectivity index (χ4v) is 6.80. The molecular weight excluding hydrogens is 418 g/mol. The van der Waals surface area contributed by atoms with Gasteiger partial charge in [-0.1, -0.05) is 6.07 Å². The first-order valence-electron chi connectivity index (χ1n) is 9.45. The third kappa shape index (κ3) is 5.14. The summed E-state index contributed by atoms with van der Waals surface area (Å²) in [5, 5.41) is 2.62. The van der Waals surface area contributed by atoms with Crippen molar-refractivity contribution in [1.29, 1.82) is 0 Å². The van der Waals surface area contributed by atoms with Gasteiger partial charge in [-0.2, -0.15) is 0 Å². The smallest absolute Gasteiger partial charge is 0.253 e. The van der Waals surface area contributed by atoms with Crippen molar-refractivity contribution in [3.8, 4) is 0 Å². The highest BCUT2D eigenvalue weighted by Gasteiger charge is 2.32. The third-order valence-electron chi connectivity index (χ3n) is 5.34. The van der Waals surface area contributed by atoms with Gasteiger partial charge in [0.25, 0.3) is 5.91 Å². The van der Waals surface area contributed by atoms with Gasteiger partial charge in [0, 0.05) is 37.7 Å². The molecule has 9 nitrogen and oxygen atoms in total. The van der Waals surface area contributed by atoms with Gasteiger partial charge in [0.1, 0.15) is 0 Å². The summed E-state index contributed by atoms with van der Waals surface area (Å²) in [7, 11) is -5.57. The van der Waals surface area contributed by atoms with Crippen molar-refractivity contribution in [1.82, 2.24) is 14.9 Å². The summed E-state index contributed by atoms with van der Waals surface area (Å²) in [5.74, 6) is -0.704. The largest absolute Gasteiger partial charge is 0.359 e. The summed E-state index contributed by atoms with van der Waals surface area (Å²) < 4.78 is 50.8. The lowest BCUT2D eigenvalue weighted by Gasteiger charge is -2.31. The van der Waals surface area contributed by atoms with Crippen LogP contribution in [0, 0.1) is 5.92 Å². The molecule has 0 bridgehead atoms. The van der Waals surface area contributed by atoms with Crippen molar-refractivity contribution in [3.63, 3.8) is 0 Å². The zero-order valence-corrected chi connectivity index (χ0v) is 17.8. The van der Waals surface area contributed by atoms with E-state index in [4.69, 9.17) is 0 Å². The Morgan fingerprint density at radius 3 is 2.41 bits per heavy atom. The maximum Gasteiger partial charge on any atom is 0.253 e. The van der Waals surface area contributed by atoms with Crippen LogP contribution in [0.5, 0.6) is 0 Å². The minimum Gasteiger partial charge on any atom is -0.359 e. The van der Waals surface area contributed by atoms with Crippen molar-refractivity contribution < 1.29 is 26.4 Å². The second kappa shape index (κ2) is 8.41. The van der Waals surface area contributed by atoms with Crippen LogP contribution in [0.4, 0.5) is 0 Å². The number of benzene rings is 1. The number of carbonyl (C=O) groups excluding carboxylic acids is 2. The number of carbonyl (C=O) groups is 2. The normalized spacial score (nSPS) is 22.4. The van der Waals surface area contributed by atoms with Crippen molar-refractivity contribution in [2.45, 2.75) is 30.2 Å². The van der Waals surface area contributed by atoms with Crippen LogP contribution >= 0.6 is 0 Å². The number of sulfonamides is 1. The minimum absolute atomic E-state index is 0.0369. The van der Waals surface area contributed by atoms with Crippen LogP contribution in [-0.4, -0.2) is 71.2 Å². The number of piperidine rings is 1. The Labute approximate surface area is 170 Å². The van der Waals surface area contributed by atoms with Gasteiger partial charge in [0.05, 0.1) is 16.4 Å². The third-order valence-corrected chi connectivity index (χ3v) is 8.63. The molecule has 29 heavy (non-hydrogen) atoms. The van der Waals surface area contributed by atoms with E-state index in [2.05, 4.69) is 10.0 Å². The van der Waals surface area contributed by atoms with Gasteiger partial charge in [-0.05, 0) is 37.5 Å². The molecule has 3 rings (SSSR count). The number of nitrogens with zero attached hydrogens (tertiary/aromatic N) is 1. The Kier molecular flexibility index (Phi) is 6.30. The Balaban J connectivity index is 1.69. The lowest BCUT2D eigenvalue weighted by molar-refractivity contribution is -0.125. The first-order chi connectivity index (χ1) is 13.6. The Bertz CT molecular complexity index is 998. The molecule has 0 aromatic heterocycles. The summed E-state index contributed by atoms with van der Waals surface area (Å²) in [6.45, 7) is 0.845. The summed E-state index contributed by atoms with van der Waals surface area (Å²) >= 11 is 0. The fraction of sp³-hybridized carbons (Fsp3) is 0.556. The van der Waals surface area contributed by atoms with Crippen LogP contribution in [0.25, 0.3) is 0 Å². The lowest BCUT2D eigenvalue weighted by Crippen LogP contribution is -2.42. The fourth-order valence-electron chi connectivity index (χ4n) is 3.70. The van der Waals surface area contributed by atoms with Crippen molar-refractivity contribution in [2.75, 3.05) is 31.6 Å². The van der Waals surface area contributed by atoms with E-state index in [0.717, 1.165) is 0 Å². The molecule has 2 fully saturated rings. The van der Waals surface area contributed by atoms with E-state index < -0.39 is 25.9 Å². The average molecular weight is 444 g/mol. The predicted octanol–water partition coefficient (Wildman–Crippen LogP) is -0.250. The van der Waals surface area contributed by atoms with Gasteiger partial charge in [0.15, 0.2) is 9.84 Å². The molecule has 2 aliphatic rings. The van der Waals surface area contributed by atoms with E-state index in [1.165, 1.54) is 18.2 Å². The summed E-state index contributed by atoms with van der Waals surface area (Å²) in [6, 6.07) is 5.06. The molecule has 1 aromatic rings. The van der Waals surface area contributed by atoms with Gasteiger partial charge in [-0.3, -0.25) is 9.59 Å². The topological polar surface area (TPSA) is 130 Å². The summed E-state index contributed by atoms with van der Waals surface area (Å²) in [4.78, 5) is 26.0. The van der Waals surface area contributed by atoms with E-state index in [-0.39, 0.29) is 46.1 Å². The zero-order valence-electron chi connectivity index (χ0n) is 16.1. The SMILES string of the molecule is CNC(=O)C1CCN(C(=O)c2cccc(S(=O)(=O)N[C@H]3CCS(=O)(=O)C3)c2)CC1. The van der Waals surface area contributed by atoms with Crippen LogP contribution in [0.1, 0.15) is 29.6 Å². The standard InChI is InChI=1S/C18H25N3O6S2/c1-19-17(22)13-5-8-21(9-6-13)18(23)14-3-2-4-16(11-14)29(26,27)20-15-7-10-28(24,25)12-15/h2-4,11,13,15,20H,5-10,12H2,1H3,(H,19,22)/t15-/m0/s1. The minimum atomic E-state index is -3.94. The van der Waals surface area contributed by atoms with Gasteiger partial charge in [0.2, 0.25) is 15.9 Å². The molecular formula is C18H25N3O6S2. The highest BCUT2D eigenvalue weighted by atomic mass is 32.2. The van der Waals surface area contributed by atoms with E-state index in [1.807, 2.05) is 0 Å². The van der Waals surface area contributed by atoms with E-state index in [9.17, 15) is 26.4 Å². The second-order valence-electron chi connectivity index (χ2n) is 7.43. The molecule has 2 saturated heterocycles. The van der Waals surface area contributed by atoms with Gasteiger partial charge < -0.3 is 10.2 Å². The van der Waals surface area contributed by atoms with Gasteiger partial charge >= 0.3 is 0 Å². The summed E-state index contributed by atoms with van der Waals surface area (Å²) in [6.07, 6.45) is 1.35. The molecule has 11 heteroatoms. The molecule has 0 spiro atoms. The van der Waals surface area contributed by atoms with Crippen molar-refractivity contribution >= 4 is 31.7 Å². The number of amides is 2. The highest BCUT2D eigenvalue weighted by Crippen LogP contribution is 2.21. The molecule has 2 heterocycles. The monoisotopic (exact) mass is 443 g/mol. The molecule has 1 atom stereocenters. The second-order valence-corrected chi connectivity index (χ2v) is 11.4.